The normalized spacial score (nSPS) is 15.9. The van der Waals surface area contributed by atoms with E-state index in [4.69, 9.17) is 0 Å². The summed E-state index contributed by atoms with van der Waals surface area (Å²) in [5.74, 6) is 0.112. The van der Waals surface area contributed by atoms with Gasteiger partial charge in [-0.1, -0.05) is 94.1 Å². The maximum Gasteiger partial charge on any atom is -1.00 e. The molecule has 6 aromatic rings. The van der Waals surface area contributed by atoms with Crippen LogP contribution in [0.1, 0.15) is 89.5 Å². The first-order valence-electron chi connectivity index (χ1n) is 22.5. The zero-order chi connectivity index (χ0) is 56.4. The van der Waals surface area contributed by atoms with E-state index >= 15 is 0 Å². The second-order valence-electron chi connectivity index (χ2n) is 19.6. The maximum absolute atomic E-state index is 13.4. The Kier molecular flexibility index (Phi) is 15.1. The molecule has 0 fully saturated rings. The first-order chi connectivity index (χ1) is 34.1. The Morgan fingerprint density at radius 3 is 1.46 bits per heavy atom. The summed E-state index contributed by atoms with van der Waals surface area (Å²) in [7, 11) is -13.0. The van der Waals surface area contributed by atoms with Crippen molar-refractivity contribution in [3.8, 4) is 22.3 Å². The second kappa shape index (κ2) is 19.1. The summed E-state index contributed by atoms with van der Waals surface area (Å²) in [5, 5.41) is 0. The topological polar surface area (TPSA) is 17.1 Å². The third kappa shape index (κ3) is 8.89. The number of halogens is 18. The summed E-state index contributed by atoms with van der Waals surface area (Å²) >= 11 is 1.86. The van der Waals surface area contributed by atoms with E-state index in [2.05, 4.69) is 159 Å². The number of benzene rings is 6. The predicted molar refractivity (Wildman–Crippen MR) is 258 cm³/mol. The number of ketones is 1. The molecule has 0 heterocycles. The molecule has 0 radical (unpaired) electrons. The summed E-state index contributed by atoms with van der Waals surface area (Å²) in [6.07, 6.45) is -24.9. The van der Waals surface area contributed by atoms with Gasteiger partial charge in [0.15, 0.2) is 20.5 Å². The van der Waals surface area contributed by atoms with Gasteiger partial charge in [0, 0.05) is 37.3 Å². The van der Waals surface area contributed by atoms with Crippen LogP contribution in [0.25, 0.3) is 22.3 Å². The molecule has 0 saturated heterocycles. The van der Waals surface area contributed by atoms with Crippen LogP contribution in [0.15, 0.2) is 134 Å². The van der Waals surface area contributed by atoms with Gasteiger partial charge in [0.05, 0.1) is 10.9 Å². The molecule has 76 heavy (non-hydrogen) atoms. The number of rotatable bonds is 9. The molecule has 0 bridgehead atoms. The van der Waals surface area contributed by atoms with Gasteiger partial charge >= 0.3 is 117 Å². The van der Waals surface area contributed by atoms with E-state index in [9.17, 15) is 79.0 Å². The molecular formula is C54H45F18OPS2. The average molecular weight is 1150 g/mol. The van der Waals surface area contributed by atoms with Crippen molar-refractivity contribution in [2.75, 3.05) is 0 Å². The Labute approximate surface area is 432 Å². The number of hydrogen-bond acceptors (Lipinski definition) is 2. The minimum atomic E-state index is -12.7. The van der Waals surface area contributed by atoms with Crippen molar-refractivity contribution < 1.29 is 83.7 Å². The Balaban J connectivity index is 0.000000320. The standard InChI is InChI=1S/C48H45OS2.C6F17P.FH/c1-28-14-15-29(2)45(22-28)51(35-18-21-39-36-12-10-11-13-40(36)47(6,7)43(39)27-35)46-24-30(3)44(23-31(46)4)50-34-17-20-38-37-19-16-33(32(5)49)25-41(37)48(8,9)42(38)26-34;7-1(8,9)4(16,17)24(22,23,5(18,19)2(10,11)12)6(20,21)3(13,14)15;/h10-27H,1-9H3;;1H/q+1;;/p-1. The quantitative estimate of drug-likeness (QED) is 0.0621. The first kappa shape index (κ1) is 60.1. The molecule has 1 atom stereocenters. The fourth-order valence-electron chi connectivity index (χ4n) is 9.53. The van der Waals surface area contributed by atoms with Gasteiger partial charge in [0.2, 0.25) is 0 Å². The summed E-state index contributed by atoms with van der Waals surface area (Å²) in [6.45, 7) is 20.0. The molecule has 0 aromatic heterocycles. The van der Waals surface area contributed by atoms with Crippen LogP contribution in [-0.2, 0) is 21.7 Å². The van der Waals surface area contributed by atoms with E-state index in [0.717, 1.165) is 5.56 Å². The van der Waals surface area contributed by atoms with Gasteiger partial charge in [0.25, 0.3) is 0 Å². The van der Waals surface area contributed by atoms with Crippen LogP contribution >= 0.6 is 19.0 Å². The fourth-order valence-corrected chi connectivity index (χ4v) is 15.5. The summed E-state index contributed by atoms with van der Waals surface area (Å²) in [6, 6.07) is 41.1. The van der Waals surface area contributed by atoms with E-state index in [1.807, 2.05) is 17.8 Å². The van der Waals surface area contributed by atoms with Crippen LogP contribution in [0.2, 0.25) is 0 Å². The molecule has 1 nitrogen and oxygen atoms in total. The van der Waals surface area contributed by atoms with E-state index in [1.54, 1.807) is 6.92 Å². The van der Waals surface area contributed by atoms with E-state index in [-0.39, 0.29) is 32.2 Å². The molecule has 2 aliphatic carbocycles. The maximum atomic E-state index is 13.4. The average Bonchev–Trinajstić information content (AvgIpc) is 3.66. The Morgan fingerprint density at radius 2 is 0.934 bits per heavy atom. The van der Waals surface area contributed by atoms with Gasteiger partial charge in [-0.05, 0) is 145 Å². The molecule has 22 heteroatoms. The predicted octanol–water partition coefficient (Wildman–Crippen LogP) is 16.8. The molecule has 1 unspecified atom stereocenters. The zero-order valence-corrected chi connectivity index (χ0v) is 43.9. The van der Waals surface area contributed by atoms with E-state index in [0.29, 0.717) is 0 Å². The SMILES string of the molecule is CC(=O)c1ccc2c(c1)C(C)(C)c1cc(Sc3cc(C)c([S+](c4ccc5c(c4)C(C)(C)c4ccccc4-5)c4cc(C)ccc4C)cc3C)ccc1-2.FC(F)(F)C(F)(F)P(F)(F)(C(F)(F)C(F)(F)F)C(F)(F)C(F)(F)F.[F-]. The van der Waals surface area contributed by atoms with Gasteiger partial charge in [-0.25, -0.2) is 0 Å². The summed E-state index contributed by atoms with van der Waals surface area (Å²) in [4.78, 5) is 18.9. The minimum absolute atomic E-state index is 0. The van der Waals surface area contributed by atoms with E-state index in [1.165, 1.54) is 91.2 Å². The van der Waals surface area contributed by atoms with Gasteiger partial charge < -0.3 is 4.70 Å². The van der Waals surface area contributed by atoms with Crippen LogP contribution in [0.4, 0.5) is 74.3 Å². The second-order valence-corrected chi connectivity index (χ2v) is 26.2. The van der Waals surface area contributed by atoms with Gasteiger partial charge in [0.1, 0.15) is 0 Å². The molecule has 8 rings (SSSR count). The van der Waals surface area contributed by atoms with Crippen molar-refractivity contribution >= 4 is 35.7 Å². The molecule has 0 N–H and O–H groups in total. The number of carbonyl (C=O) groups excluding carboxylic acids is 1. The minimum Gasteiger partial charge on any atom is -1.00 e. The van der Waals surface area contributed by atoms with Crippen molar-refractivity contribution in [1.82, 2.24) is 0 Å². The molecule has 410 valence electrons. The van der Waals surface area contributed by atoms with Crippen molar-refractivity contribution in [3.63, 3.8) is 0 Å². The third-order valence-corrected chi connectivity index (χ3v) is 21.2. The van der Waals surface area contributed by atoms with Crippen molar-refractivity contribution in [2.45, 2.75) is 133 Å². The van der Waals surface area contributed by atoms with Crippen LogP contribution < -0.4 is 4.70 Å². The summed E-state index contributed by atoms with van der Waals surface area (Å²) < 4.78 is 209. The monoisotopic (exact) mass is 1150 g/mol. The van der Waals surface area contributed by atoms with Crippen molar-refractivity contribution in [3.05, 3.63) is 159 Å². The van der Waals surface area contributed by atoms with E-state index < -0.39 is 42.7 Å². The number of hydrogen-bond donors (Lipinski definition) is 0. The summed E-state index contributed by atoms with van der Waals surface area (Å²) in [5.41, 5.74) is -10.6. The molecule has 6 aromatic carbocycles. The van der Waals surface area contributed by atoms with Crippen molar-refractivity contribution in [1.29, 1.82) is 0 Å². The molecular weight excluding hydrogens is 1100 g/mol. The van der Waals surface area contributed by atoms with Gasteiger partial charge in [-0.2, -0.15) is 0 Å². The van der Waals surface area contributed by atoms with Crippen LogP contribution in [0.5, 0.6) is 0 Å². The number of Topliss-reactive ketones (excluding diaryl/α,β-unsaturated/α-hetero) is 1. The number of alkyl halides is 15. The number of aryl methyl sites for hydroxylation is 4. The van der Waals surface area contributed by atoms with Crippen LogP contribution in [-0.4, -0.2) is 41.3 Å². The molecule has 0 aliphatic heterocycles. The Hall–Kier alpha value is -5.14. The van der Waals surface area contributed by atoms with Crippen molar-refractivity contribution in [2.24, 2.45) is 0 Å². The Morgan fingerprint density at radius 1 is 0.487 bits per heavy atom. The molecule has 2 aliphatic rings. The van der Waals surface area contributed by atoms with Crippen LogP contribution in [0.3, 0.4) is 0 Å². The largest absolute Gasteiger partial charge is 1.00 e. The molecule has 0 spiro atoms. The fraction of sp³-hybridized carbons (Fsp3) is 0.315. The molecule has 0 saturated carbocycles. The van der Waals surface area contributed by atoms with Crippen LogP contribution in [0, 0.1) is 27.7 Å². The smallest absolute Gasteiger partial charge is 1.00 e. The number of fused-ring (bicyclic) bond motifs is 6. The van der Waals surface area contributed by atoms with Gasteiger partial charge in [-0.15, -0.1) is 0 Å². The Bertz CT molecular complexity index is 3210. The first-order valence-corrected chi connectivity index (χ1v) is 26.6. The molecule has 0 amide bonds. The van der Waals surface area contributed by atoms with Gasteiger partial charge in [-0.3, -0.25) is 4.79 Å². The third-order valence-electron chi connectivity index (χ3n) is 13.8. The number of carbonyl (C=O) groups is 1. The zero-order valence-electron chi connectivity index (χ0n) is 41.4.